The Balaban J connectivity index is 2.06. The minimum absolute atomic E-state index is 0.0782. The summed E-state index contributed by atoms with van der Waals surface area (Å²) >= 11 is 0. The number of nitrogens with zero attached hydrogens (tertiary/aromatic N) is 1. The molecule has 30 heavy (non-hydrogen) atoms. The molecule has 0 radical (unpaired) electrons. The van der Waals surface area contributed by atoms with Gasteiger partial charge in [0.05, 0.1) is 0 Å². The molecule has 1 aliphatic heterocycles. The van der Waals surface area contributed by atoms with Gasteiger partial charge < -0.3 is 21.1 Å². The third kappa shape index (κ3) is 3.86. The average Bonchev–Trinajstić information content (AvgIpc) is 2.68. The fourth-order valence-electron chi connectivity index (χ4n) is 3.97. The van der Waals surface area contributed by atoms with Crippen LogP contribution in [0.3, 0.4) is 0 Å². The Morgan fingerprint density at radius 1 is 1.13 bits per heavy atom. The molecule has 6 nitrogen and oxygen atoms in total. The van der Waals surface area contributed by atoms with Crippen molar-refractivity contribution in [1.82, 2.24) is 4.90 Å². The van der Waals surface area contributed by atoms with Crippen LogP contribution < -0.4 is 11.1 Å². The number of aromatic hydroxyl groups is 1. The Labute approximate surface area is 178 Å². The first-order valence-electron chi connectivity index (χ1n) is 10.2. The molecule has 1 unspecified atom stereocenters. The molecule has 6 heteroatoms. The summed E-state index contributed by atoms with van der Waals surface area (Å²) in [6.07, 6.45) is 0.678. The molecule has 0 saturated carbocycles. The fraction of sp³-hybridized carbons (Fsp3) is 0.417. The number of amides is 2. The minimum Gasteiger partial charge on any atom is -0.507 e. The Morgan fingerprint density at radius 3 is 2.43 bits per heavy atom. The molecular weight excluding hydrogens is 378 g/mol. The maximum Gasteiger partial charge on any atom is 0.251 e. The number of carbonyl (C=O) groups excluding carboxylic acids is 2. The number of phenolic OH excluding ortho intramolecular Hbond substituents is 1. The van der Waals surface area contributed by atoms with E-state index >= 15 is 0 Å². The second-order valence-electron chi connectivity index (χ2n) is 9.19. The summed E-state index contributed by atoms with van der Waals surface area (Å²) in [5.74, 6) is -0.136. The van der Waals surface area contributed by atoms with Gasteiger partial charge in [-0.2, -0.15) is 0 Å². The highest BCUT2D eigenvalue weighted by Crippen LogP contribution is 2.36. The lowest BCUT2D eigenvalue weighted by molar-refractivity contribution is -0.146. The monoisotopic (exact) mass is 409 g/mol. The van der Waals surface area contributed by atoms with Gasteiger partial charge in [-0.3, -0.25) is 9.59 Å². The molecule has 0 saturated heterocycles. The van der Waals surface area contributed by atoms with Gasteiger partial charge in [-0.1, -0.05) is 26.8 Å². The van der Waals surface area contributed by atoms with E-state index in [-0.39, 0.29) is 17.6 Å². The van der Waals surface area contributed by atoms with Crippen molar-refractivity contribution in [3.05, 3.63) is 52.1 Å². The van der Waals surface area contributed by atoms with Gasteiger partial charge in [-0.05, 0) is 73.2 Å². The normalized spacial score (nSPS) is 16.2. The molecule has 1 atom stereocenters. The predicted molar refractivity (Wildman–Crippen MR) is 119 cm³/mol. The van der Waals surface area contributed by atoms with Gasteiger partial charge in [-0.25, -0.2) is 0 Å². The highest BCUT2D eigenvalue weighted by molar-refractivity contribution is 6.00. The molecule has 160 valence electrons. The predicted octanol–water partition coefficient (Wildman–Crippen LogP) is 4.01. The Hall–Kier alpha value is -3.02. The Morgan fingerprint density at radius 2 is 1.80 bits per heavy atom. The maximum atomic E-state index is 13.5. The van der Waals surface area contributed by atoms with Crippen molar-refractivity contribution in [3.8, 4) is 5.75 Å². The summed E-state index contributed by atoms with van der Waals surface area (Å²) in [7, 11) is 0. The number of rotatable bonds is 2. The van der Waals surface area contributed by atoms with Gasteiger partial charge in [-0.15, -0.1) is 0 Å². The third-order valence-corrected chi connectivity index (χ3v) is 5.86. The second-order valence-corrected chi connectivity index (χ2v) is 9.19. The van der Waals surface area contributed by atoms with Crippen molar-refractivity contribution in [1.29, 1.82) is 0 Å². The van der Waals surface area contributed by atoms with E-state index in [1.807, 2.05) is 46.8 Å². The average molecular weight is 410 g/mol. The molecule has 1 aliphatic rings. The van der Waals surface area contributed by atoms with Crippen LogP contribution in [-0.4, -0.2) is 28.4 Å². The van der Waals surface area contributed by atoms with Gasteiger partial charge in [0.1, 0.15) is 11.8 Å². The van der Waals surface area contributed by atoms with E-state index < -0.39 is 11.5 Å². The molecule has 2 aromatic rings. The summed E-state index contributed by atoms with van der Waals surface area (Å²) in [6.45, 7) is 11.5. The standard InChI is InChI=1S/C24H31N3O3/c1-13-11-19(14(2)15(3)21(13)28)26-22(29)20-18-12-17(25)8-7-16(18)9-10-27(20)23(30)24(4,5)6/h7-8,11-12,20,28H,9-10,25H2,1-6H3,(H,26,29). The number of phenols is 1. The quantitative estimate of drug-likeness (QED) is 0.516. The first kappa shape index (κ1) is 21.7. The lowest BCUT2D eigenvalue weighted by atomic mass is 9.87. The number of nitrogen functional groups attached to an aromatic ring is 1. The van der Waals surface area contributed by atoms with Gasteiger partial charge in [0.2, 0.25) is 5.91 Å². The SMILES string of the molecule is Cc1cc(NC(=O)C2c3cc(N)ccc3CCN2C(=O)C(C)(C)C)c(C)c(C)c1O. The van der Waals surface area contributed by atoms with Crippen LogP contribution in [0.1, 0.15) is 54.6 Å². The van der Waals surface area contributed by atoms with Gasteiger partial charge >= 0.3 is 0 Å². The van der Waals surface area contributed by atoms with Crippen LogP contribution in [0.4, 0.5) is 11.4 Å². The highest BCUT2D eigenvalue weighted by Gasteiger charge is 2.40. The lowest BCUT2D eigenvalue weighted by Gasteiger charge is -2.39. The van der Waals surface area contributed by atoms with Crippen LogP contribution in [0, 0.1) is 26.2 Å². The largest absolute Gasteiger partial charge is 0.507 e. The van der Waals surface area contributed by atoms with Crippen LogP contribution in [0.25, 0.3) is 0 Å². The van der Waals surface area contributed by atoms with E-state index in [1.165, 1.54) is 0 Å². The Kier molecular flexibility index (Phi) is 5.54. The fourth-order valence-corrected chi connectivity index (χ4v) is 3.97. The molecule has 0 aliphatic carbocycles. The van der Waals surface area contributed by atoms with Gasteiger partial charge in [0.15, 0.2) is 0 Å². The van der Waals surface area contributed by atoms with Crippen molar-refractivity contribution in [2.75, 3.05) is 17.6 Å². The first-order valence-corrected chi connectivity index (χ1v) is 10.2. The van der Waals surface area contributed by atoms with Crippen molar-refractivity contribution < 1.29 is 14.7 Å². The van der Waals surface area contributed by atoms with Crippen LogP contribution in [0.2, 0.25) is 0 Å². The number of carbonyl (C=O) groups is 2. The van der Waals surface area contributed by atoms with E-state index in [9.17, 15) is 14.7 Å². The van der Waals surface area contributed by atoms with Crippen LogP contribution in [0.5, 0.6) is 5.75 Å². The zero-order chi connectivity index (χ0) is 22.4. The zero-order valence-electron chi connectivity index (χ0n) is 18.6. The number of fused-ring (bicyclic) bond motifs is 1. The van der Waals surface area contributed by atoms with Crippen LogP contribution in [-0.2, 0) is 16.0 Å². The van der Waals surface area contributed by atoms with E-state index in [0.29, 0.717) is 29.9 Å². The summed E-state index contributed by atoms with van der Waals surface area (Å²) in [6, 6.07) is 6.55. The molecule has 0 spiro atoms. The summed E-state index contributed by atoms with van der Waals surface area (Å²) in [4.78, 5) is 28.4. The number of anilines is 2. The topological polar surface area (TPSA) is 95.7 Å². The van der Waals surface area contributed by atoms with E-state index in [4.69, 9.17) is 5.73 Å². The first-order chi connectivity index (χ1) is 13.9. The van der Waals surface area contributed by atoms with E-state index in [1.54, 1.807) is 24.0 Å². The molecule has 3 rings (SSSR count). The van der Waals surface area contributed by atoms with Crippen molar-refractivity contribution in [3.63, 3.8) is 0 Å². The third-order valence-electron chi connectivity index (χ3n) is 5.86. The number of nitrogens with two attached hydrogens (primary N) is 1. The molecule has 0 aromatic heterocycles. The van der Waals surface area contributed by atoms with Gasteiger partial charge in [0.25, 0.3) is 5.91 Å². The highest BCUT2D eigenvalue weighted by atomic mass is 16.3. The number of aryl methyl sites for hydroxylation is 1. The van der Waals surface area contributed by atoms with Crippen molar-refractivity contribution in [2.45, 2.75) is 54.0 Å². The second kappa shape index (κ2) is 7.67. The number of hydrogen-bond acceptors (Lipinski definition) is 4. The lowest BCUT2D eigenvalue weighted by Crippen LogP contribution is -2.49. The molecular formula is C24H31N3O3. The van der Waals surface area contributed by atoms with Crippen molar-refractivity contribution in [2.24, 2.45) is 5.41 Å². The van der Waals surface area contributed by atoms with E-state index in [0.717, 1.165) is 22.3 Å². The molecule has 4 N–H and O–H groups in total. The summed E-state index contributed by atoms with van der Waals surface area (Å²) in [5.41, 5.74) is 10.6. The molecule has 2 aromatic carbocycles. The van der Waals surface area contributed by atoms with Crippen molar-refractivity contribution >= 4 is 23.2 Å². The molecule has 0 bridgehead atoms. The number of benzene rings is 2. The zero-order valence-corrected chi connectivity index (χ0v) is 18.6. The molecule has 0 fully saturated rings. The maximum absolute atomic E-state index is 13.5. The molecule has 1 heterocycles. The summed E-state index contributed by atoms with van der Waals surface area (Å²) in [5, 5.41) is 13.2. The minimum atomic E-state index is -0.766. The van der Waals surface area contributed by atoms with E-state index in [2.05, 4.69) is 5.32 Å². The smallest absolute Gasteiger partial charge is 0.251 e. The summed E-state index contributed by atoms with van der Waals surface area (Å²) < 4.78 is 0. The number of hydrogen-bond donors (Lipinski definition) is 3. The Bertz CT molecular complexity index is 1020. The van der Waals surface area contributed by atoms with Gasteiger partial charge in [0, 0.05) is 23.3 Å². The van der Waals surface area contributed by atoms with Crippen LogP contribution in [0.15, 0.2) is 24.3 Å². The number of nitrogens with one attached hydrogen (secondary N) is 1. The molecule has 2 amide bonds. The van der Waals surface area contributed by atoms with Crippen LogP contribution >= 0.6 is 0 Å².